The van der Waals surface area contributed by atoms with Crippen LogP contribution in [-0.4, -0.2) is 49.9 Å². The molecule has 0 bridgehead atoms. The molecule has 3 aromatic rings. The molecule has 2 unspecified atom stereocenters. The van der Waals surface area contributed by atoms with Crippen molar-refractivity contribution in [2.45, 2.75) is 31.5 Å². The molecule has 184 valence electrons. The molecular weight excluding hydrogens is 446 g/mol. The summed E-state index contributed by atoms with van der Waals surface area (Å²) in [5.74, 6) is 1.43. The number of rotatable bonds is 10. The van der Waals surface area contributed by atoms with Crippen molar-refractivity contribution in [3.8, 4) is 23.0 Å². The standard InChI is InChI=1S/C28H31NO6/c1-32-22-12-7-11-20(15-22)26(29-14-8-13-23(29)28(30)31)21-16-24(33-2)27(25(17-21)34-3)35-18-19-9-5-4-6-10-19/h4-7,9-12,15-17,23,26H,8,13-14,18H2,1-3H3,(H,30,31). The predicted octanol–water partition coefficient (Wildman–Crippen LogP) is 4.93. The molecule has 4 rings (SSSR count). The first-order valence-electron chi connectivity index (χ1n) is 11.6. The van der Waals surface area contributed by atoms with Gasteiger partial charge in [-0.05, 0) is 53.8 Å². The summed E-state index contributed by atoms with van der Waals surface area (Å²) in [5, 5.41) is 9.92. The van der Waals surface area contributed by atoms with Crippen LogP contribution in [0.5, 0.6) is 23.0 Å². The highest BCUT2D eigenvalue weighted by Gasteiger charge is 2.37. The van der Waals surface area contributed by atoms with E-state index in [-0.39, 0.29) is 6.04 Å². The number of methoxy groups -OCH3 is 3. The van der Waals surface area contributed by atoms with Crippen molar-refractivity contribution >= 4 is 5.97 Å². The number of aliphatic carboxylic acids is 1. The van der Waals surface area contributed by atoms with Crippen LogP contribution in [0.2, 0.25) is 0 Å². The summed E-state index contributed by atoms with van der Waals surface area (Å²) < 4.78 is 23.0. The first-order chi connectivity index (χ1) is 17.0. The molecule has 3 aromatic carbocycles. The summed E-state index contributed by atoms with van der Waals surface area (Å²) in [6.07, 6.45) is 1.41. The van der Waals surface area contributed by atoms with Gasteiger partial charge in [0.1, 0.15) is 18.4 Å². The van der Waals surface area contributed by atoms with Crippen molar-refractivity contribution in [2.24, 2.45) is 0 Å². The Kier molecular flexibility index (Phi) is 7.77. The second kappa shape index (κ2) is 11.1. The zero-order valence-electron chi connectivity index (χ0n) is 20.3. The molecule has 2 atom stereocenters. The summed E-state index contributed by atoms with van der Waals surface area (Å²) in [7, 11) is 4.80. The van der Waals surface area contributed by atoms with Crippen molar-refractivity contribution in [2.75, 3.05) is 27.9 Å². The van der Waals surface area contributed by atoms with E-state index in [2.05, 4.69) is 0 Å². The van der Waals surface area contributed by atoms with Crippen molar-refractivity contribution in [1.82, 2.24) is 4.90 Å². The molecule has 0 saturated carbocycles. The number of ether oxygens (including phenoxy) is 4. The van der Waals surface area contributed by atoms with E-state index in [4.69, 9.17) is 18.9 Å². The number of carboxylic acid groups (broad SMARTS) is 1. The van der Waals surface area contributed by atoms with Gasteiger partial charge in [0.25, 0.3) is 0 Å². The quantitative estimate of drug-likeness (QED) is 0.444. The third kappa shape index (κ3) is 5.35. The van der Waals surface area contributed by atoms with Crippen molar-refractivity contribution in [3.63, 3.8) is 0 Å². The van der Waals surface area contributed by atoms with Gasteiger partial charge in [0.2, 0.25) is 5.75 Å². The largest absolute Gasteiger partial charge is 0.497 e. The molecule has 1 N–H and O–H groups in total. The second-order valence-corrected chi connectivity index (χ2v) is 8.44. The fourth-order valence-corrected chi connectivity index (χ4v) is 4.68. The van der Waals surface area contributed by atoms with Crippen LogP contribution in [0, 0.1) is 0 Å². The van der Waals surface area contributed by atoms with Gasteiger partial charge in [0, 0.05) is 6.54 Å². The van der Waals surface area contributed by atoms with Crippen molar-refractivity contribution < 1.29 is 28.8 Å². The van der Waals surface area contributed by atoms with Crippen molar-refractivity contribution in [3.05, 3.63) is 83.4 Å². The number of likely N-dealkylation sites (tertiary alicyclic amines) is 1. The average molecular weight is 478 g/mol. The number of hydrogen-bond acceptors (Lipinski definition) is 6. The molecule has 7 nitrogen and oxygen atoms in total. The Bertz CT molecular complexity index is 1120. The predicted molar refractivity (Wildman–Crippen MR) is 133 cm³/mol. The van der Waals surface area contributed by atoms with E-state index >= 15 is 0 Å². The maximum Gasteiger partial charge on any atom is 0.320 e. The van der Waals surface area contributed by atoms with Gasteiger partial charge < -0.3 is 24.1 Å². The third-order valence-corrected chi connectivity index (χ3v) is 6.35. The smallest absolute Gasteiger partial charge is 0.320 e. The van der Waals surface area contributed by atoms with Gasteiger partial charge in [-0.3, -0.25) is 9.69 Å². The number of benzene rings is 3. The Balaban J connectivity index is 1.78. The van der Waals surface area contributed by atoms with E-state index in [0.717, 1.165) is 23.1 Å². The van der Waals surface area contributed by atoms with Crippen LogP contribution in [0.15, 0.2) is 66.7 Å². The lowest BCUT2D eigenvalue weighted by atomic mass is 9.95. The van der Waals surface area contributed by atoms with Gasteiger partial charge in [0.05, 0.1) is 27.4 Å². The summed E-state index contributed by atoms with van der Waals surface area (Å²) in [5.41, 5.74) is 2.81. The third-order valence-electron chi connectivity index (χ3n) is 6.35. The molecule has 1 heterocycles. The summed E-state index contributed by atoms with van der Waals surface area (Å²) >= 11 is 0. The number of carboxylic acids is 1. The SMILES string of the molecule is COc1cccc(C(c2cc(OC)c(OCc3ccccc3)c(OC)c2)N2CCCC2C(=O)O)c1. The van der Waals surface area contributed by atoms with E-state index in [9.17, 15) is 9.90 Å². The van der Waals surface area contributed by atoms with Crippen molar-refractivity contribution in [1.29, 1.82) is 0 Å². The minimum Gasteiger partial charge on any atom is -0.497 e. The molecule has 0 aromatic heterocycles. The first-order valence-corrected chi connectivity index (χ1v) is 11.6. The van der Waals surface area contributed by atoms with E-state index in [0.29, 0.717) is 42.6 Å². The van der Waals surface area contributed by atoms with Crippen LogP contribution >= 0.6 is 0 Å². The zero-order valence-corrected chi connectivity index (χ0v) is 20.3. The molecule has 0 spiro atoms. The van der Waals surface area contributed by atoms with E-state index in [1.54, 1.807) is 21.3 Å². The van der Waals surface area contributed by atoms with Gasteiger partial charge in [-0.25, -0.2) is 0 Å². The second-order valence-electron chi connectivity index (χ2n) is 8.44. The van der Waals surface area contributed by atoms with Crippen LogP contribution in [0.25, 0.3) is 0 Å². The van der Waals surface area contributed by atoms with Crippen LogP contribution < -0.4 is 18.9 Å². The van der Waals surface area contributed by atoms with Crippen LogP contribution in [-0.2, 0) is 11.4 Å². The molecule has 0 aliphatic carbocycles. The zero-order chi connectivity index (χ0) is 24.8. The minimum atomic E-state index is -0.822. The maximum absolute atomic E-state index is 12.1. The molecule has 7 heteroatoms. The molecule has 1 saturated heterocycles. The molecular formula is C28H31NO6. The Hall–Kier alpha value is -3.71. The molecule has 1 aliphatic heterocycles. The lowest BCUT2D eigenvalue weighted by molar-refractivity contribution is -0.142. The van der Waals surface area contributed by atoms with Gasteiger partial charge in [0.15, 0.2) is 11.5 Å². The maximum atomic E-state index is 12.1. The van der Waals surface area contributed by atoms with E-state index in [1.165, 1.54) is 0 Å². The Morgan fingerprint density at radius 2 is 1.66 bits per heavy atom. The highest BCUT2D eigenvalue weighted by molar-refractivity contribution is 5.74. The normalized spacial score (nSPS) is 16.5. The molecule has 0 amide bonds. The fraction of sp³-hybridized carbons (Fsp3) is 0.321. The number of hydrogen-bond donors (Lipinski definition) is 1. The van der Waals surface area contributed by atoms with Gasteiger partial charge in [-0.15, -0.1) is 0 Å². The Morgan fingerprint density at radius 3 is 2.29 bits per heavy atom. The lowest BCUT2D eigenvalue weighted by Crippen LogP contribution is -2.39. The lowest BCUT2D eigenvalue weighted by Gasteiger charge is -2.32. The number of carbonyl (C=O) groups is 1. The molecule has 35 heavy (non-hydrogen) atoms. The average Bonchev–Trinajstić information content (AvgIpc) is 3.38. The van der Waals surface area contributed by atoms with Crippen LogP contribution in [0.1, 0.15) is 35.6 Å². The van der Waals surface area contributed by atoms with Gasteiger partial charge >= 0.3 is 5.97 Å². The fourth-order valence-electron chi connectivity index (χ4n) is 4.68. The summed E-state index contributed by atoms with van der Waals surface area (Å²) in [6.45, 7) is 1.02. The van der Waals surface area contributed by atoms with E-state index < -0.39 is 12.0 Å². The highest BCUT2D eigenvalue weighted by Crippen LogP contribution is 2.44. The Morgan fingerprint density at radius 1 is 0.943 bits per heavy atom. The highest BCUT2D eigenvalue weighted by atomic mass is 16.5. The summed E-state index contributed by atoms with van der Waals surface area (Å²) in [6, 6.07) is 20.5. The number of nitrogens with zero attached hydrogens (tertiary/aromatic N) is 1. The Labute approximate surface area is 205 Å². The molecule has 0 radical (unpaired) electrons. The van der Waals surface area contributed by atoms with Crippen LogP contribution in [0.4, 0.5) is 0 Å². The minimum absolute atomic E-state index is 0.334. The topological polar surface area (TPSA) is 77.5 Å². The van der Waals surface area contributed by atoms with Crippen LogP contribution in [0.3, 0.4) is 0 Å². The molecule has 1 fully saturated rings. The van der Waals surface area contributed by atoms with Gasteiger partial charge in [-0.1, -0.05) is 42.5 Å². The molecule has 1 aliphatic rings. The first kappa shape index (κ1) is 24.4. The summed E-state index contributed by atoms with van der Waals surface area (Å²) in [4.78, 5) is 14.1. The van der Waals surface area contributed by atoms with E-state index in [1.807, 2.05) is 71.6 Å². The monoisotopic (exact) mass is 477 g/mol. The van der Waals surface area contributed by atoms with Gasteiger partial charge in [-0.2, -0.15) is 0 Å².